The van der Waals surface area contributed by atoms with Crippen molar-refractivity contribution in [3.05, 3.63) is 59.7 Å². The molecule has 2 saturated heterocycles. The standard InChI is InChI=1S/C26H27F5N6O2/c27-25(28)6-8-36(9-7-25)21(17-14-33-24(34-15-17)26(29,30)31)16-32-23(38)19-2-1-3-20-18(19)4-5-22(35-20)37-10-12-39-13-11-37/h1-5,14-15,21H,6-13,16H2,(H,32,38). The van der Waals surface area contributed by atoms with Crippen molar-refractivity contribution in [1.29, 1.82) is 0 Å². The van der Waals surface area contributed by atoms with Gasteiger partial charge in [-0.2, -0.15) is 13.2 Å². The van der Waals surface area contributed by atoms with Gasteiger partial charge in [0.25, 0.3) is 11.8 Å². The average molecular weight is 551 g/mol. The first-order valence-electron chi connectivity index (χ1n) is 12.6. The maximum atomic E-state index is 13.8. The minimum Gasteiger partial charge on any atom is -0.378 e. The normalized spacial score (nSPS) is 19.2. The highest BCUT2D eigenvalue weighted by molar-refractivity contribution is 6.06. The number of alkyl halides is 5. The zero-order chi connectivity index (χ0) is 27.6. The number of benzene rings is 1. The smallest absolute Gasteiger partial charge is 0.378 e. The van der Waals surface area contributed by atoms with E-state index >= 15 is 0 Å². The number of rotatable bonds is 6. The van der Waals surface area contributed by atoms with E-state index in [1.165, 1.54) is 0 Å². The first kappa shape index (κ1) is 27.1. The maximum Gasteiger partial charge on any atom is 0.451 e. The molecule has 1 amide bonds. The summed E-state index contributed by atoms with van der Waals surface area (Å²) in [6.07, 6.45) is -3.42. The number of anilines is 1. The second-order valence-electron chi connectivity index (χ2n) is 9.60. The van der Waals surface area contributed by atoms with Crippen molar-refractivity contribution in [3.8, 4) is 0 Å². The Morgan fingerprint density at radius 2 is 1.72 bits per heavy atom. The molecule has 2 aliphatic heterocycles. The molecule has 2 aromatic heterocycles. The number of hydrogen-bond donors (Lipinski definition) is 1. The summed E-state index contributed by atoms with van der Waals surface area (Å²) in [6, 6.07) is 8.18. The zero-order valence-corrected chi connectivity index (χ0v) is 20.9. The molecule has 0 radical (unpaired) electrons. The Balaban J connectivity index is 1.35. The summed E-state index contributed by atoms with van der Waals surface area (Å²) in [7, 11) is 0. The third kappa shape index (κ3) is 6.25. The van der Waals surface area contributed by atoms with Crippen LogP contribution in [0.3, 0.4) is 0 Å². The number of carbonyl (C=O) groups is 1. The highest BCUT2D eigenvalue weighted by Crippen LogP contribution is 2.33. The monoisotopic (exact) mass is 550 g/mol. The Bertz CT molecular complexity index is 1300. The van der Waals surface area contributed by atoms with E-state index in [2.05, 4.69) is 20.2 Å². The van der Waals surface area contributed by atoms with Crippen LogP contribution >= 0.6 is 0 Å². The lowest BCUT2D eigenvalue weighted by atomic mass is 10.0. The van der Waals surface area contributed by atoms with Gasteiger partial charge in [-0.05, 0) is 24.3 Å². The Morgan fingerprint density at radius 3 is 2.38 bits per heavy atom. The molecule has 208 valence electrons. The maximum absolute atomic E-state index is 13.8. The quantitative estimate of drug-likeness (QED) is 0.463. The summed E-state index contributed by atoms with van der Waals surface area (Å²) in [5.74, 6) is -3.73. The van der Waals surface area contributed by atoms with Gasteiger partial charge >= 0.3 is 6.18 Å². The number of likely N-dealkylation sites (tertiary alicyclic amines) is 1. The molecule has 0 spiro atoms. The van der Waals surface area contributed by atoms with Crippen molar-refractivity contribution < 1.29 is 31.5 Å². The SMILES string of the molecule is O=C(NCC(c1cnc(C(F)(F)F)nc1)N1CCC(F)(F)CC1)c1cccc2nc(N3CCOCC3)ccc12. The van der Waals surface area contributed by atoms with Gasteiger partial charge in [-0.15, -0.1) is 0 Å². The number of nitrogens with zero attached hydrogens (tertiary/aromatic N) is 5. The van der Waals surface area contributed by atoms with Gasteiger partial charge in [0.15, 0.2) is 0 Å². The lowest BCUT2D eigenvalue weighted by Crippen LogP contribution is -2.45. The minimum absolute atomic E-state index is 0.0110. The number of piperidine rings is 1. The molecule has 5 rings (SSSR count). The van der Waals surface area contributed by atoms with Crippen LogP contribution in [0.25, 0.3) is 10.9 Å². The molecule has 39 heavy (non-hydrogen) atoms. The molecule has 1 N–H and O–H groups in total. The third-order valence-electron chi connectivity index (χ3n) is 7.03. The Kier molecular flexibility index (Phi) is 7.63. The van der Waals surface area contributed by atoms with Crippen LogP contribution in [0.4, 0.5) is 27.8 Å². The van der Waals surface area contributed by atoms with Crippen molar-refractivity contribution in [2.75, 3.05) is 50.8 Å². The number of pyridine rings is 1. The fraction of sp³-hybridized carbons (Fsp3) is 0.462. The van der Waals surface area contributed by atoms with Crippen molar-refractivity contribution in [3.63, 3.8) is 0 Å². The fourth-order valence-electron chi connectivity index (χ4n) is 4.87. The summed E-state index contributed by atoms with van der Waals surface area (Å²) >= 11 is 0. The van der Waals surface area contributed by atoms with E-state index in [1.54, 1.807) is 17.0 Å². The predicted octanol–water partition coefficient (Wildman–Crippen LogP) is 4.08. The Hall–Kier alpha value is -3.45. The van der Waals surface area contributed by atoms with Crippen LogP contribution in [0.15, 0.2) is 42.7 Å². The molecule has 1 unspecified atom stereocenters. The van der Waals surface area contributed by atoms with Gasteiger partial charge in [0.05, 0.1) is 24.8 Å². The van der Waals surface area contributed by atoms with Crippen molar-refractivity contribution >= 4 is 22.6 Å². The number of ether oxygens (including phenoxy) is 1. The average Bonchev–Trinajstić information content (AvgIpc) is 2.93. The Labute approximate surface area is 221 Å². The topological polar surface area (TPSA) is 83.5 Å². The molecule has 1 atom stereocenters. The van der Waals surface area contributed by atoms with Gasteiger partial charge in [0.2, 0.25) is 5.82 Å². The van der Waals surface area contributed by atoms with Crippen LogP contribution in [0.2, 0.25) is 0 Å². The second-order valence-corrected chi connectivity index (χ2v) is 9.60. The lowest BCUT2D eigenvalue weighted by molar-refractivity contribution is -0.145. The first-order valence-corrected chi connectivity index (χ1v) is 12.6. The number of nitrogens with one attached hydrogen (secondary N) is 1. The van der Waals surface area contributed by atoms with E-state index < -0.39 is 29.9 Å². The van der Waals surface area contributed by atoms with E-state index in [9.17, 15) is 26.7 Å². The number of fused-ring (bicyclic) bond motifs is 1. The van der Waals surface area contributed by atoms with Gasteiger partial charge in [0.1, 0.15) is 5.82 Å². The molecule has 3 aromatic rings. The summed E-state index contributed by atoms with van der Waals surface area (Å²) in [5, 5.41) is 3.47. The van der Waals surface area contributed by atoms with Crippen LogP contribution < -0.4 is 10.2 Å². The molecule has 2 fully saturated rings. The summed E-state index contributed by atoms with van der Waals surface area (Å²) in [4.78, 5) is 28.6. The number of carbonyl (C=O) groups excluding carboxylic acids is 1. The summed E-state index contributed by atoms with van der Waals surface area (Å²) < 4.78 is 71.9. The fourth-order valence-corrected chi connectivity index (χ4v) is 4.87. The lowest BCUT2D eigenvalue weighted by Gasteiger charge is -2.37. The largest absolute Gasteiger partial charge is 0.451 e. The van der Waals surface area contributed by atoms with Crippen LogP contribution in [-0.4, -0.2) is 77.6 Å². The van der Waals surface area contributed by atoms with E-state index in [4.69, 9.17) is 9.72 Å². The van der Waals surface area contributed by atoms with Gasteiger partial charge in [-0.1, -0.05) is 6.07 Å². The molecule has 2 aliphatic rings. The molecule has 1 aromatic carbocycles. The Morgan fingerprint density at radius 1 is 1.03 bits per heavy atom. The van der Waals surface area contributed by atoms with Crippen molar-refractivity contribution in [2.24, 2.45) is 0 Å². The number of aromatic nitrogens is 3. The predicted molar refractivity (Wildman–Crippen MR) is 133 cm³/mol. The van der Waals surface area contributed by atoms with E-state index in [0.717, 1.165) is 31.3 Å². The van der Waals surface area contributed by atoms with Gasteiger partial charge < -0.3 is 15.0 Å². The molecule has 13 heteroatoms. The molecule has 8 nitrogen and oxygen atoms in total. The zero-order valence-electron chi connectivity index (χ0n) is 20.9. The van der Waals surface area contributed by atoms with Crippen molar-refractivity contribution in [2.45, 2.75) is 31.0 Å². The number of hydrogen-bond acceptors (Lipinski definition) is 7. The number of morpholine rings is 1. The van der Waals surface area contributed by atoms with Gasteiger partial charge in [0, 0.05) is 74.5 Å². The van der Waals surface area contributed by atoms with Crippen LogP contribution in [-0.2, 0) is 10.9 Å². The summed E-state index contributed by atoms with van der Waals surface area (Å²) in [6.45, 7) is 2.65. The summed E-state index contributed by atoms with van der Waals surface area (Å²) in [5.41, 5.74) is 1.31. The highest BCUT2D eigenvalue weighted by atomic mass is 19.4. The molecular formula is C26H27F5N6O2. The van der Waals surface area contributed by atoms with Gasteiger partial charge in [-0.3, -0.25) is 9.69 Å². The molecule has 0 saturated carbocycles. The van der Waals surface area contributed by atoms with E-state index in [0.29, 0.717) is 35.2 Å². The molecule has 0 bridgehead atoms. The number of amides is 1. The van der Waals surface area contributed by atoms with Gasteiger partial charge in [-0.25, -0.2) is 23.7 Å². The number of halogens is 5. The van der Waals surface area contributed by atoms with Crippen LogP contribution in [0, 0.1) is 0 Å². The minimum atomic E-state index is -4.71. The van der Waals surface area contributed by atoms with Crippen LogP contribution in [0.1, 0.15) is 40.6 Å². The van der Waals surface area contributed by atoms with E-state index in [-0.39, 0.29) is 32.5 Å². The van der Waals surface area contributed by atoms with Crippen molar-refractivity contribution in [1.82, 2.24) is 25.2 Å². The highest BCUT2D eigenvalue weighted by Gasteiger charge is 2.38. The van der Waals surface area contributed by atoms with E-state index in [1.807, 2.05) is 18.2 Å². The molecule has 0 aliphatic carbocycles. The third-order valence-corrected chi connectivity index (χ3v) is 7.03. The second kappa shape index (κ2) is 11.0. The first-order chi connectivity index (χ1) is 18.6. The molecular weight excluding hydrogens is 523 g/mol. The molecule has 4 heterocycles. The van der Waals surface area contributed by atoms with Crippen LogP contribution in [0.5, 0.6) is 0 Å².